The van der Waals surface area contributed by atoms with Gasteiger partial charge < -0.3 is 9.47 Å². The number of hydrogen-bond acceptors (Lipinski definition) is 5. The van der Waals surface area contributed by atoms with Gasteiger partial charge in [-0.2, -0.15) is 0 Å². The predicted octanol–water partition coefficient (Wildman–Crippen LogP) is 2.16. The Morgan fingerprint density at radius 1 is 1.35 bits per heavy atom. The van der Waals surface area contributed by atoms with E-state index < -0.39 is 4.92 Å². The number of aromatic nitrogens is 1. The van der Waals surface area contributed by atoms with Crippen LogP contribution in [0.5, 0.6) is 11.5 Å². The fourth-order valence-electron chi connectivity index (χ4n) is 1.71. The first-order valence-electron chi connectivity index (χ1n) is 4.82. The maximum absolute atomic E-state index is 11.1. The smallest absolute Gasteiger partial charge is 0.322 e. The summed E-state index contributed by atoms with van der Waals surface area (Å²) in [6.07, 6.45) is 3.05. The first kappa shape index (κ1) is 11.1. The minimum atomic E-state index is -0.482. The second-order valence-electron chi connectivity index (χ2n) is 3.31. The van der Waals surface area contributed by atoms with Crippen molar-refractivity contribution >= 4 is 16.5 Å². The van der Waals surface area contributed by atoms with E-state index >= 15 is 0 Å². The van der Waals surface area contributed by atoms with Crippen molar-refractivity contribution in [2.24, 2.45) is 0 Å². The van der Waals surface area contributed by atoms with Crippen LogP contribution < -0.4 is 9.47 Å². The minimum Gasteiger partial charge on any atom is -0.493 e. The average molecular weight is 234 g/mol. The van der Waals surface area contributed by atoms with Gasteiger partial charge in [-0.15, -0.1) is 0 Å². The molecule has 0 saturated carbocycles. The lowest BCUT2D eigenvalue weighted by Crippen LogP contribution is -1.98. The first-order valence-corrected chi connectivity index (χ1v) is 4.82. The van der Waals surface area contributed by atoms with Crippen molar-refractivity contribution < 1.29 is 14.4 Å². The zero-order valence-corrected chi connectivity index (χ0v) is 9.34. The summed E-state index contributed by atoms with van der Waals surface area (Å²) in [5, 5.41) is 12.2. The fraction of sp³-hybridized carbons (Fsp3) is 0.182. The number of nitrogens with zero attached hydrogens (tertiary/aromatic N) is 2. The highest BCUT2D eigenvalue weighted by atomic mass is 16.6. The summed E-state index contributed by atoms with van der Waals surface area (Å²) < 4.78 is 10.1. The highest BCUT2D eigenvalue weighted by Crippen LogP contribution is 2.42. The Morgan fingerprint density at radius 2 is 2.12 bits per heavy atom. The van der Waals surface area contributed by atoms with E-state index in [9.17, 15) is 10.1 Å². The normalized spacial score (nSPS) is 10.2. The molecule has 0 fully saturated rings. The molecule has 0 unspecified atom stereocenters. The highest BCUT2D eigenvalue weighted by molar-refractivity contribution is 5.95. The van der Waals surface area contributed by atoms with Gasteiger partial charge in [-0.25, -0.2) is 0 Å². The Hall–Kier alpha value is -2.37. The molecule has 1 aromatic carbocycles. The van der Waals surface area contributed by atoms with Gasteiger partial charge in [0.25, 0.3) is 0 Å². The molecule has 0 radical (unpaired) electrons. The fourth-order valence-corrected chi connectivity index (χ4v) is 1.71. The van der Waals surface area contributed by atoms with Gasteiger partial charge in [0.05, 0.1) is 24.5 Å². The first-order chi connectivity index (χ1) is 8.19. The van der Waals surface area contributed by atoms with Gasteiger partial charge in [0, 0.05) is 17.8 Å². The van der Waals surface area contributed by atoms with Crippen LogP contribution in [0.25, 0.3) is 10.8 Å². The summed E-state index contributed by atoms with van der Waals surface area (Å²) in [7, 11) is 2.81. The number of pyridine rings is 1. The van der Waals surface area contributed by atoms with Gasteiger partial charge in [0.2, 0.25) is 5.75 Å². The molecule has 88 valence electrons. The quantitative estimate of drug-likeness (QED) is 0.600. The molecule has 0 N–H and O–H groups in total. The van der Waals surface area contributed by atoms with E-state index in [1.807, 2.05) is 0 Å². The molecule has 0 saturated heterocycles. The predicted molar refractivity (Wildman–Crippen MR) is 61.5 cm³/mol. The van der Waals surface area contributed by atoms with Crippen LogP contribution in [-0.2, 0) is 0 Å². The SMILES string of the molecule is COc1cc2cnccc2c([N+](=O)[O-])c1OC. The number of ether oxygens (including phenoxy) is 2. The Balaban J connectivity index is 2.90. The average Bonchev–Trinajstić information content (AvgIpc) is 2.35. The highest BCUT2D eigenvalue weighted by Gasteiger charge is 2.24. The van der Waals surface area contributed by atoms with Crippen LogP contribution in [0, 0.1) is 10.1 Å². The molecule has 2 aromatic rings. The number of benzene rings is 1. The van der Waals surface area contributed by atoms with Gasteiger partial charge in [0.15, 0.2) is 5.75 Å². The van der Waals surface area contributed by atoms with Crippen LogP contribution in [0.2, 0.25) is 0 Å². The molecule has 0 atom stereocenters. The lowest BCUT2D eigenvalue weighted by Gasteiger charge is -2.09. The zero-order valence-electron chi connectivity index (χ0n) is 9.34. The largest absolute Gasteiger partial charge is 0.493 e. The molecule has 2 rings (SSSR count). The second kappa shape index (κ2) is 4.25. The van der Waals surface area contributed by atoms with Gasteiger partial charge in [-0.3, -0.25) is 15.1 Å². The van der Waals surface area contributed by atoms with Gasteiger partial charge in [0.1, 0.15) is 0 Å². The van der Waals surface area contributed by atoms with Crippen molar-refractivity contribution in [1.82, 2.24) is 4.98 Å². The van der Waals surface area contributed by atoms with Crippen LogP contribution in [-0.4, -0.2) is 24.1 Å². The Labute approximate surface area is 96.9 Å². The standard InChI is InChI=1S/C11H10N2O4/c1-16-9-5-7-6-12-4-3-8(7)10(13(14)15)11(9)17-2/h3-6H,1-2H3. The zero-order chi connectivity index (χ0) is 12.4. The van der Waals surface area contributed by atoms with Crippen molar-refractivity contribution in [2.75, 3.05) is 14.2 Å². The van der Waals surface area contributed by atoms with E-state index in [1.54, 1.807) is 18.3 Å². The third kappa shape index (κ3) is 1.73. The van der Waals surface area contributed by atoms with E-state index in [-0.39, 0.29) is 11.4 Å². The maximum Gasteiger partial charge on any atom is 0.322 e. The number of rotatable bonds is 3. The molecule has 6 heteroatoms. The van der Waals surface area contributed by atoms with E-state index in [0.29, 0.717) is 16.5 Å². The van der Waals surface area contributed by atoms with Crippen LogP contribution >= 0.6 is 0 Å². The molecule has 6 nitrogen and oxygen atoms in total. The van der Waals surface area contributed by atoms with Crippen LogP contribution in [0.1, 0.15) is 0 Å². The molecule has 1 aromatic heterocycles. The maximum atomic E-state index is 11.1. The molecule has 0 bridgehead atoms. The summed E-state index contributed by atoms with van der Waals surface area (Å²) in [5.41, 5.74) is -0.107. The van der Waals surface area contributed by atoms with Crippen LogP contribution in [0.4, 0.5) is 5.69 Å². The van der Waals surface area contributed by atoms with E-state index in [4.69, 9.17) is 9.47 Å². The summed E-state index contributed by atoms with van der Waals surface area (Å²) in [6, 6.07) is 3.24. The molecule has 0 spiro atoms. The van der Waals surface area contributed by atoms with E-state index in [1.165, 1.54) is 20.4 Å². The molecule has 0 aliphatic carbocycles. The molecule has 0 amide bonds. The second-order valence-corrected chi connectivity index (χ2v) is 3.31. The Morgan fingerprint density at radius 3 is 2.71 bits per heavy atom. The topological polar surface area (TPSA) is 74.5 Å². The third-order valence-electron chi connectivity index (χ3n) is 2.44. The summed E-state index contributed by atoms with van der Waals surface area (Å²) in [4.78, 5) is 14.6. The van der Waals surface area contributed by atoms with Crippen LogP contribution in [0.3, 0.4) is 0 Å². The monoisotopic (exact) mass is 234 g/mol. The molecule has 17 heavy (non-hydrogen) atoms. The molecule has 1 heterocycles. The Bertz CT molecular complexity index is 583. The summed E-state index contributed by atoms with van der Waals surface area (Å²) >= 11 is 0. The lowest BCUT2D eigenvalue weighted by molar-refractivity contribution is -0.384. The van der Waals surface area contributed by atoms with E-state index in [2.05, 4.69) is 4.98 Å². The van der Waals surface area contributed by atoms with Gasteiger partial charge >= 0.3 is 5.69 Å². The van der Waals surface area contributed by atoms with E-state index in [0.717, 1.165) is 0 Å². The number of fused-ring (bicyclic) bond motifs is 1. The van der Waals surface area contributed by atoms with Gasteiger partial charge in [-0.1, -0.05) is 0 Å². The third-order valence-corrected chi connectivity index (χ3v) is 2.44. The van der Waals surface area contributed by atoms with Crippen molar-refractivity contribution in [1.29, 1.82) is 0 Å². The van der Waals surface area contributed by atoms with Crippen molar-refractivity contribution in [3.8, 4) is 11.5 Å². The van der Waals surface area contributed by atoms with Crippen LogP contribution in [0.15, 0.2) is 24.5 Å². The molecule has 0 aliphatic rings. The lowest BCUT2D eigenvalue weighted by atomic mass is 10.1. The number of nitro benzene ring substituents is 1. The van der Waals surface area contributed by atoms with Crippen molar-refractivity contribution in [3.05, 3.63) is 34.6 Å². The van der Waals surface area contributed by atoms with Crippen molar-refractivity contribution in [2.45, 2.75) is 0 Å². The molecular formula is C11H10N2O4. The molecular weight excluding hydrogens is 224 g/mol. The number of methoxy groups -OCH3 is 2. The van der Waals surface area contributed by atoms with Gasteiger partial charge in [-0.05, 0) is 12.1 Å². The summed E-state index contributed by atoms with van der Waals surface area (Å²) in [5.74, 6) is 0.441. The number of hydrogen-bond donors (Lipinski definition) is 0. The minimum absolute atomic E-state index is 0.107. The van der Waals surface area contributed by atoms with Crippen molar-refractivity contribution in [3.63, 3.8) is 0 Å². The Kier molecular flexibility index (Phi) is 2.78. The number of nitro groups is 1. The summed E-state index contributed by atoms with van der Waals surface area (Å²) in [6.45, 7) is 0. The molecule has 0 aliphatic heterocycles.